The molecule has 0 saturated heterocycles. The fourth-order valence-electron chi connectivity index (χ4n) is 7.92. The molecule has 0 aromatic heterocycles. The fourth-order valence-corrected chi connectivity index (χ4v) is 9.67. The zero-order valence-corrected chi connectivity index (χ0v) is 24.6. The van der Waals surface area contributed by atoms with Gasteiger partial charge in [0.05, 0.1) is 16.0 Å². The summed E-state index contributed by atoms with van der Waals surface area (Å²) in [5.41, 5.74) is -1.78. The number of Topliss-reactive ketones (excluding diaryl/α,β-unsaturated/α-hetero) is 1. The van der Waals surface area contributed by atoms with Crippen molar-refractivity contribution in [1.29, 1.82) is 0 Å². The van der Waals surface area contributed by atoms with Crippen molar-refractivity contribution >= 4 is 21.6 Å². The molecule has 8 rings (SSSR count). The summed E-state index contributed by atoms with van der Waals surface area (Å²) in [5.74, 6) is 1.09. The van der Waals surface area contributed by atoms with Crippen LogP contribution in [-0.4, -0.2) is 41.5 Å². The minimum atomic E-state index is -4.50. The van der Waals surface area contributed by atoms with Gasteiger partial charge in [0.15, 0.2) is 5.78 Å². The molecule has 6 aliphatic rings. The van der Waals surface area contributed by atoms with Gasteiger partial charge in [0.25, 0.3) is 0 Å². The molecule has 5 saturated carbocycles. The smallest absolute Gasteiger partial charge is 0.365 e. The highest BCUT2D eigenvalue weighted by atomic mass is 32.2. The van der Waals surface area contributed by atoms with Crippen LogP contribution in [0.1, 0.15) is 81.8 Å². The highest BCUT2D eigenvalue weighted by Gasteiger charge is 2.75. The first-order valence-electron chi connectivity index (χ1n) is 15.2. The maximum Gasteiger partial charge on any atom is 0.416 e. The maximum atomic E-state index is 14.0. The number of sulfonamides is 1. The summed E-state index contributed by atoms with van der Waals surface area (Å²) in [5, 5.41) is 3.65. The van der Waals surface area contributed by atoms with Crippen molar-refractivity contribution in [1.82, 2.24) is 9.62 Å². The van der Waals surface area contributed by atoms with E-state index in [0.29, 0.717) is 37.2 Å². The number of carbonyl (C=O) groups is 1. The second-order valence-corrected chi connectivity index (χ2v) is 15.4. The van der Waals surface area contributed by atoms with Gasteiger partial charge in [-0.1, -0.05) is 31.4 Å². The number of nitrogens with one attached hydrogen (secondary N) is 1. The van der Waals surface area contributed by atoms with Crippen molar-refractivity contribution in [2.75, 3.05) is 0 Å². The van der Waals surface area contributed by atoms with Crippen LogP contribution < -0.4 is 5.32 Å². The molecule has 1 unspecified atom stereocenters. The molecule has 43 heavy (non-hydrogen) atoms. The Kier molecular flexibility index (Phi) is 6.64. The van der Waals surface area contributed by atoms with Crippen molar-refractivity contribution < 1.29 is 30.8 Å². The van der Waals surface area contributed by atoms with Gasteiger partial charge in [-0.2, -0.15) is 17.5 Å². The number of halogens is 4. The van der Waals surface area contributed by atoms with Gasteiger partial charge in [0, 0.05) is 23.9 Å². The molecule has 5 aliphatic carbocycles. The third-order valence-corrected chi connectivity index (χ3v) is 12.7. The standard InChI is InChI=1S/C32H35F4N3O3S/c33-24-10-12-25(13-11-24)43(41,42)39(17-22-5-8-23(9-6-22)32(34,35)36)30-18-29(19-30,20-30)28-37-27(31(38-28)15-2-16-31)26(40)14-7-21-3-1-4-21/h5-6,8-13,21,27H,1-4,7,14-20H2,(H,37,38). The van der Waals surface area contributed by atoms with Crippen molar-refractivity contribution in [3.8, 4) is 0 Å². The normalized spacial score (nSPS) is 29.2. The van der Waals surface area contributed by atoms with Gasteiger partial charge in [0.2, 0.25) is 10.0 Å². The lowest BCUT2D eigenvalue weighted by atomic mass is 9.38. The van der Waals surface area contributed by atoms with E-state index in [1.807, 2.05) is 0 Å². The van der Waals surface area contributed by atoms with Gasteiger partial charge >= 0.3 is 6.18 Å². The van der Waals surface area contributed by atoms with Crippen LogP contribution in [0, 0.1) is 17.2 Å². The number of rotatable bonds is 10. The largest absolute Gasteiger partial charge is 0.416 e. The van der Waals surface area contributed by atoms with E-state index in [-0.39, 0.29) is 28.2 Å². The number of ketones is 1. The van der Waals surface area contributed by atoms with E-state index in [1.54, 1.807) is 0 Å². The summed E-state index contributed by atoms with van der Waals surface area (Å²) in [6.45, 7) is -0.111. The topological polar surface area (TPSA) is 78.8 Å². The molecule has 2 aromatic carbocycles. The van der Waals surface area contributed by atoms with E-state index >= 15 is 0 Å². The first kappa shape index (κ1) is 29.0. The quantitative estimate of drug-likeness (QED) is 0.313. The van der Waals surface area contributed by atoms with E-state index in [0.717, 1.165) is 55.8 Å². The van der Waals surface area contributed by atoms with Gasteiger partial charge in [-0.15, -0.1) is 0 Å². The minimum absolute atomic E-state index is 0.0681. The molecule has 5 fully saturated rings. The van der Waals surface area contributed by atoms with Crippen LogP contribution in [0.4, 0.5) is 17.6 Å². The Labute approximate surface area is 249 Å². The van der Waals surface area contributed by atoms with Crippen molar-refractivity contribution in [3.05, 3.63) is 65.5 Å². The molecule has 1 atom stereocenters. The Bertz CT molecular complexity index is 1540. The number of nitrogens with zero attached hydrogens (tertiary/aromatic N) is 2. The fraction of sp³-hybridized carbons (Fsp3) is 0.562. The Morgan fingerprint density at radius 3 is 2.16 bits per heavy atom. The summed E-state index contributed by atoms with van der Waals surface area (Å²) in [4.78, 5) is 18.3. The zero-order chi connectivity index (χ0) is 30.3. The average molecular weight is 618 g/mol. The molecule has 6 nitrogen and oxygen atoms in total. The van der Waals surface area contributed by atoms with E-state index in [2.05, 4.69) is 5.32 Å². The molecule has 1 heterocycles. The van der Waals surface area contributed by atoms with Crippen LogP contribution in [0.15, 0.2) is 58.4 Å². The highest BCUT2D eigenvalue weighted by Crippen LogP contribution is 2.72. The number of alkyl halides is 3. The molecular weight excluding hydrogens is 582 g/mol. The highest BCUT2D eigenvalue weighted by molar-refractivity contribution is 7.89. The summed E-state index contributed by atoms with van der Waals surface area (Å²) in [6.07, 6.45) is 4.94. The van der Waals surface area contributed by atoms with Gasteiger partial charge in [-0.05, 0) is 92.8 Å². The van der Waals surface area contributed by atoms with Crippen LogP contribution >= 0.6 is 0 Å². The Morgan fingerprint density at radius 1 is 0.977 bits per heavy atom. The summed E-state index contributed by atoms with van der Waals surface area (Å²) in [7, 11) is -4.11. The lowest BCUT2D eigenvalue weighted by Crippen LogP contribution is -2.79. The van der Waals surface area contributed by atoms with Crippen LogP contribution in [-0.2, 0) is 27.5 Å². The predicted molar refractivity (Wildman–Crippen MR) is 152 cm³/mol. The Balaban J connectivity index is 1.13. The first-order valence-corrected chi connectivity index (χ1v) is 16.6. The van der Waals surface area contributed by atoms with E-state index in [9.17, 15) is 30.8 Å². The number of carbonyl (C=O) groups excluding carboxylic acids is 1. The van der Waals surface area contributed by atoms with Crippen molar-refractivity contribution in [2.45, 2.75) is 105 Å². The SMILES string of the molecule is O=C(CCC1CCC1)C1N=C(C23CC(N(Cc4ccc(C(F)(F)F)cc4)S(=O)(=O)c4ccc(F)cc4)(C2)C3)NC12CCC2. The van der Waals surface area contributed by atoms with Crippen LogP contribution in [0.5, 0.6) is 0 Å². The summed E-state index contributed by atoms with van der Waals surface area (Å²) >= 11 is 0. The minimum Gasteiger partial charge on any atom is -0.365 e. The molecule has 0 amide bonds. The van der Waals surface area contributed by atoms with Crippen LogP contribution in [0.3, 0.4) is 0 Å². The van der Waals surface area contributed by atoms with E-state index < -0.39 is 39.2 Å². The zero-order valence-electron chi connectivity index (χ0n) is 23.8. The monoisotopic (exact) mass is 617 g/mol. The van der Waals surface area contributed by atoms with E-state index in [4.69, 9.17) is 4.99 Å². The van der Waals surface area contributed by atoms with Gasteiger partial charge < -0.3 is 5.32 Å². The molecule has 230 valence electrons. The van der Waals surface area contributed by atoms with Gasteiger partial charge in [-0.3, -0.25) is 9.79 Å². The molecule has 1 N–H and O–H groups in total. The lowest BCUT2D eigenvalue weighted by molar-refractivity contribution is -0.151. The summed E-state index contributed by atoms with van der Waals surface area (Å²) < 4.78 is 82.4. The van der Waals surface area contributed by atoms with Crippen LogP contribution in [0.2, 0.25) is 0 Å². The lowest BCUT2D eigenvalue weighted by Gasteiger charge is -2.73. The first-order chi connectivity index (χ1) is 20.3. The molecule has 1 spiro atoms. The number of benzene rings is 2. The third-order valence-electron chi connectivity index (χ3n) is 10.8. The van der Waals surface area contributed by atoms with Crippen LogP contribution in [0.25, 0.3) is 0 Å². The van der Waals surface area contributed by atoms with E-state index in [1.165, 1.54) is 47.8 Å². The third kappa shape index (κ3) is 4.72. The second kappa shape index (κ2) is 9.86. The average Bonchev–Trinajstić information content (AvgIpc) is 3.27. The molecular formula is C32H35F4N3O3S. The van der Waals surface area contributed by atoms with Gasteiger partial charge in [-0.25, -0.2) is 12.8 Å². The molecule has 2 aromatic rings. The number of aliphatic imine (C=N–C) groups is 1. The number of amidine groups is 1. The van der Waals surface area contributed by atoms with Crippen molar-refractivity contribution in [3.63, 3.8) is 0 Å². The predicted octanol–water partition coefficient (Wildman–Crippen LogP) is 6.40. The maximum absolute atomic E-state index is 14.0. The molecule has 2 bridgehead atoms. The molecule has 0 radical (unpaired) electrons. The number of hydrogen-bond acceptors (Lipinski definition) is 5. The molecule has 11 heteroatoms. The van der Waals surface area contributed by atoms with Crippen molar-refractivity contribution in [2.24, 2.45) is 16.3 Å². The second-order valence-electron chi connectivity index (χ2n) is 13.5. The van der Waals surface area contributed by atoms with Gasteiger partial charge in [0.1, 0.15) is 17.7 Å². The Morgan fingerprint density at radius 2 is 1.63 bits per heavy atom. The number of hydrogen-bond donors (Lipinski definition) is 1. The Hall–Kier alpha value is -2.79. The summed E-state index contributed by atoms with van der Waals surface area (Å²) in [6, 6.07) is 8.74. The molecule has 1 aliphatic heterocycles.